The number of hydrogen-bond donors (Lipinski definition) is 0. The molecule has 5 rings (SSSR count). The molecule has 1 fully saturated rings. The van der Waals surface area contributed by atoms with Gasteiger partial charge in [0.05, 0.1) is 17.0 Å². The molecule has 32 heavy (non-hydrogen) atoms. The van der Waals surface area contributed by atoms with E-state index in [4.69, 9.17) is 13.9 Å². The monoisotopic (exact) mass is 452 g/mol. The Labute approximate surface area is 190 Å². The predicted octanol–water partition coefficient (Wildman–Crippen LogP) is 4.15. The first-order valence-corrected chi connectivity index (χ1v) is 11.7. The van der Waals surface area contributed by atoms with E-state index in [2.05, 4.69) is 4.98 Å². The van der Waals surface area contributed by atoms with Gasteiger partial charge in [0.15, 0.2) is 17.3 Å². The van der Waals surface area contributed by atoms with Crippen molar-refractivity contribution in [1.29, 1.82) is 0 Å². The summed E-state index contributed by atoms with van der Waals surface area (Å²) in [4.78, 5) is 33.1. The summed E-state index contributed by atoms with van der Waals surface area (Å²) < 4.78 is 16.9. The van der Waals surface area contributed by atoms with Gasteiger partial charge in [-0.25, -0.2) is 4.98 Å². The van der Waals surface area contributed by atoms with Gasteiger partial charge in [-0.05, 0) is 49.4 Å². The Hall–Kier alpha value is -3.13. The lowest BCUT2D eigenvalue weighted by molar-refractivity contribution is -0.131. The van der Waals surface area contributed by atoms with E-state index in [-0.39, 0.29) is 24.0 Å². The van der Waals surface area contributed by atoms with Gasteiger partial charge in [-0.1, -0.05) is 6.07 Å². The number of aromatic nitrogens is 1. The SMILES string of the molecule is Cc1oc(-c2cccs2)nc1CC(=O)N1CCC(C(=O)c2ccc3c(c2)OCCO3)CC1. The van der Waals surface area contributed by atoms with Crippen LogP contribution in [0.15, 0.2) is 40.1 Å². The van der Waals surface area contributed by atoms with Gasteiger partial charge >= 0.3 is 0 Å². The van der Waals surface area contributed by atoms with Crippen molar-refractivity contribution < 1.29 is 23.5 Å². The van der Waals surface area contributed by atoms with E-state index in [0.29, 0.717) is 73.6 Å². The van der Waals surface area contributed by atoms with Gasteiger partial charge < -0.3 is 18.8 Å². The van der Waals surface area contributed by atoms with Crippen LogP contribution in [0, 0.1) is 12.8 Å². The third kappa shape index (κ3) is 4.14. The molecule has 166 valence electrons. The molecule has 0 radical (unpaired) electrons. The lowest BCUT2D eigenvalue weighted by Crippen LogP contribution is -2.41. The van der Waals surface area contributed by atoms with Crippen LogP contribution in [-0.2, 0) is 11.2 Å². The van der Waals surface area contributed by atoms with Crippen LogP contribution in [-0.4, -0.2) is 47.9 Å². The number of likely N-dealkylation sites (tertiary alicyclic amines) is 1. The summed E-state index contributed by atoms with van der Waals surface area (Å²) >= 11 is 1.56. The van der Waals surface area contributed by atoms with E-state index in [1.165, 1.54) is 0 Å². The number of piperidine rings is 1. The van der Waals surface area contributed by atoms with E-state index in [1.54, 1.807) is 29.5 Å². The smallest absolute Gasteiger partial charge is 0.236 e. The van der Waals surface area contributed by atoms with Crippen LogP contribution in [0.2, 0.25) is 0 Å². The Kier molecular flexibility index (Phi) is 5.70. The van der Waals surface area contributed by atoms with Crippen LogP contribution < -0.4 is 9.47 Å². The zero-order chi connectivity index (χ0) is 22.1. The van der Waals surface area contributed by atoms with Gasteiger partial charge in [0.2, 0.25) is 11.8 Å². The first-order valence-electron chi connectivity index (χ1n) is 10.8. The summed E-state index contributed by atoms with van der Waals surface area (Å²) in [5.74, 6) is 2.56. The number of ether oxygens (including phenoxy) is 2. The first-order chi connectivity index (χ1) is 15.6. The van der Waals surface area contributed by atoms with Crippen molar-refractivity contribution >= 4 is 23.0 Å². The molecule has 1 aromatic carbocycles. The molecule has 0 spiro atoms. The van der Waals surface area contributed by atoms with Crippen molar-refractivity contribution in [3.63, 3.8) is 0 Å². The standard InChI is InChI=1S/C24H24N2O5S/c1-15-18(25-24(31-15)21-3-2-12-32-21)14-22(27)26-8-6-16(7-9-26)23(28)17-4-5-19-20(13-17)30-11-10-29-19/h2-5,12-13,16H,6-11,14H2,1H3. The maximum Gasteiger partial charge on any atom is 0.236 e. The summed E-state index contributed by atoms with van der Waals surface area (Å²) in [7, 11) is 0. The Morgan fingerprint density at radius 3 is 2.66 bits per heavy atom. The molecule has 2 aliphatic rings. The number of Topliss-reactive ketones (excluding diaryl/α,β-unsaturated/α-hetero) is 1. The molecular formula is C24H24N2O5S. The molecule has 2 aromatic heterocycles. The van der Waals surface area contributed by atoms with Gasteiger partial charge in [0.25, 0.3) is 0 Å². The van der Waals surface area contributed by atoms with Crippen molar-refractivity contribution in [3.8, 4) is 22.3 Å². The highest BCUT2D eigenvalue weighted by molar-refractivity contribution is 7.13. The molecule has 1 saturated heterocycles. The van der Waals surface area contributed by atoms with E-state index >= 15 is 0 Å². The van der Waals surface area contributed by atoms with Gasteiger partial charge in [0.1, 0.15) is 19.0 Å². The molecule has 3 aromatic rings. The van der Waals surface area contributed by atoms with E-state index in [0.717, 1.165) is 4.88 Å². The fraction of sp³-hybridized carbons (Fsp3) is 0.375. The third-order valence-electron chi connectivity index (χ3n) is 5.99. The summed E-state index contributed by atoms with van der Waals surface area (Å²) in [5, 5.41) is 1.97. The average molecular weight is 453 g/mol. The number of amides is 1. The average Bonchev–Trinajstić information content (AvgIpc) is 3.49. The van der Waals surface area contributed by atoms with E-state index in [1.807, 2.05) is 29.3 Å². The van der Waals surface area contributed by atoms with Crippen LogP contribution in [0.4, 0.5) is 0 Å². The van der Waals surface area contributed by atoms with Crippen molar-refractivity contribution in [3.05, 3.63) is 52.7 Å². The molecule has 1 amide bonds. The fourth-order valence-corrected chi connectivity index (χ4v) is 4.83. The normalized spacial score (nSPS) is 16.2. The summed E-state index contributed by atoms with van der Waals surface area (Å²) in [6, 6.07) is 9.26. The second kappa shape index (κ2) is 8.78. The Bertz CT molecular complexity index is 1130. The first kappa shape index (κ1) is 20.8. The maximum absolute atomic E-state index is 13.0. The molecule has 0 unspecified atom stereocenters. The zero-order valence-corrected chi connectivity index (χ0v) is 18.7. The van der Waals surface area contributed by atoms with Crippen molar-refractivity contribution in [2.45, 2.75) is 26.2 Å². The number of hydrogen-bond acceptors (Lipinski definition) is 7. The second-order valence-electron chi connectivity index (χ2n) is 8.05. The summed E-state index contributed by atoms with van der Waals surface area (Å²) in [6.45, 7) is 3.98. The number of carbonyl (C=O) groups excluding carboxylic acids is 2. The number of thiophene rings is 1. The molecule has 0 bridgehead atoms. The number of carbonyl (C=O) groups is 2. The predicted molar refractivity (Wildman–Crippen MR) is 119 cm³/mol. The van der Waals surface area contributed by atoms with Crippen molar-refractivity contribution in [2.24, 2.45) is 5.92 Å². The number of fused-ring (bicyclic) bond motifs is 1. The molecule has 0 saturated carbocycles. The molecule has 0 N–H and O–H groups in total. The molecule has 0 aliphatic carbocycles. The van der Waals surface area contributed by atoms with Crippen LogP contribution in [0.5, 0.6) is 11.5 Å². The van der Waals surface area contributed by atoms with Gasteiger partial charge in [0, 0.05) is 24.6 Å². The van der Waals surface area contributed by atoms with Crippen molar-refractivity contribution in [2.75, 3.05) is 26.3 Å². The number of oxazole rings is 1. The van der Waals surface area contributed by atoms with Crippen LogP contribution in [0.1, 0.15) is 34.7 Å². The Balaban J connectivity index is 1.18. The highest BCUT2D eigenvalue weighted by Crippen LogP contribution is 2.33. The number of aryl methyl sites for hydroxylation is 1. The molecule has 4 heterocycles. The lowest BCUT2D eigenvalue weighted by Gasteiger charge is -2.31. The maximum atomic E-state index is 13.0. The number of rotatable bonds is 5. The Morgan fingerprint density at radius 2 is 1.91 bits per heavy atom. The molecular weight excluding hydrogens is 428 g/mol. The van der Waals surface area contributed by atoms with Crippen LogP contribution in [0.25, 0.3) is 10.8 Å². The largest absolute Gasteiger partial charge is 0.486 e. The topological polar surface area (TPSA) is 81.9 Å². The molecule has 7 nitrogen and oxygen atoms in total. The number of nitrogens with zero attached hydrogens (tertiary/aromatic N) is 2. The molecule has 8 heteroatoms. The lowest BCUT2D eigenvalue weighted by atomic mass is 9.88. The minimum atomic E-state index is -0.0965. The molecule has 2 aliphatic heterocycles. The van der Waals surface area contributed by atoms with E-state index < -0.39 is 0 Å². The van der Waals surface area contributed by atoms with Crippen LogP contribution in [0.3, 0.4) is 0 Å². The number of benzene rings is 1. The van der Waals surface area contributed by atoms with E-state index in [9.17, 15) is 9.59 Å². The van der Waals surface area contributed by atoms with Gasteiger partial charge in [-0.15, -0.1) is 11.3 Å². The summed E-state index contributed by atoms with van der Waals surface area (Å²) in [6.07, 6.45) is 1.51. The summed E-state index contributed by atoms with van der Waals surface area (Å²) in [5.41, 5.74) is 1.31. The highest BCUT2D eigenvalue weighted by atomic mass is 32.1. The third-order valence-corrected chi connectivity index (χ3v) is 6.85. The quantitative estimate of drug-likeness (QED) is 0.541. The van der Waals surface area contributed by atoms with Gasteiger partial charge in [-0.2, -0.15) is 0 Å². The Morgan fingerprint density at radius 1 is 1.12 bits per heavy atom. The zero-order valence-electron chi connectivity index (χ0n) is 17.8. The highest BCUT2D eigenvalue weighted by Gasteiger charge is 2.29. The minimum absolute atomic E-state index is 0.0179. The second-order valence-corrected chi connectivity index (χ2v) is 9.00. The fourth-order valence-electron chi connectivity index (χ4n) is 4.18. The van der Waals surface area contributed by atoms with Crippen molar-refractivity contribution in [1.82, 2.24) is 9.88 Å². The van der Waals surface area contributed by atoms with Gasteiger partial charge in [-0.3, -0.25) is 9.59 Å². The van der Waals surface area contributed by atoms with Crippen LogP contribution >= 0.6 is 11.3 Å². The molecule has 0 atom stereocenters. The number of ketones is 1. The minimum Gasteiger partial charge on any atom is -0.486 e.